The first-order valence-electron chi connectivity index (χ1n) is 11.2. The third kappa shape index (κ3) is 4.31. The van der Waals surface area contributed by atoms with Crippen LogP contribution in [0.15, 0.2) is 48.0 Å². The second-order valence-electron chi connectivity index (χ2n) is 8.32. The van der Waals surface area contributed by atoms with E-state index in [2.05, 4.69) is 15.6 Å². The lowest BCUT2D eigenvalue weighted by atomic mass is 10.2. The molecule has 0 spiro atoms. The average molecular weight is 479 g/mol. The number of hydrogen-bond donors (Lipinski definition) is 0. The zero-order chi connectivity index (χ0) is 23.7. The molecule has 34 heavy (non-hydrogen) atoms. The number of para-hydroxylation sites is 2. The van der Waals surface area contributed by atoms with E-state index in [1.807, 2.05) is 43.5 Å². The first-order valence-corrected chi connectivity index (χ1v) is 12.1. The lowest BCUT2D eigenvalue weighted by molar-refractivity contribution is -0.145. The van der Waals surface area contributed by atoms with Crippen molar-refractivity contribution < 1.29 is 19.1 Å². The summed E-state index contributed by atoms with van der Waals surface area (Å²) in [6.07, 6.45) is 4.59. The highest BCUT2D eigenvalue weighted by Gasteiger charge is 2.33. The van der Waals surface area contributed by atoms with Gasteiger partial charge in [-0.25, -0.2) is 4.98 Å². The van der Waals surface area contributed by atoms with Crippen LogP contribution in [0.25, 0.3) is 11.2 Å². The zero-order valence-corrected chi connectivity index (χ0v) is 20.0. The number of thiazole rings is 1. The molecule has 1 atom stereocenters. The Balaban J connectivity index is 1.17. The molecule has 5 rings (SSSR count). The van der Waals surface area contributed by atoms with E-state index in [9.17, 15) is 9.59 Å². The Bertz CT molecular complexity index is 1230. The van der Waals surface area contributed by atoms with Gasteiger partial charge in [-0.15, -0.1) is 11.3 Å². The maximum atomic E-state index is 12.9. The number of nitrogens with zero attached hydrogens (tertiary/aromatic N) is 4. The summed E-state index contributed by atoms with van der Waals surface area (Å²) < 4.78 is 13.6. The van der Waals surface area contributed by atoms with E-state index in [0.29, 0.717) is 37.7 Å². The zero-order valence-electron chi connectivity index (χ0n) is 19.1. The number of aryl methyl sites for hydroxylation is 1. The molecule has 2 aliphatic rings. The Morgan fingerprint density at radius 2 is 1.82 bits per heavy atom. The molecule has 2 aliphatic heterocycles. The van der Waals surface area contributed by atoms with E-state index in [0.717, 1.165) is 22.1 Å². The third-order valence-electron chi connectivity index (χ3n) is 6.17. The van der Waals surface area contributed by atoms with Gasteiger partial charge in [-0.05, 0) is 43.7 Å². The highest BCUT2D eigenvalue weighted by atomic mass is 32.1. The maximum absolute atomic E-state index is 12.9. The van der Waals surface area contributed by atoms with E-state index in [4.69, 9.17) is 9.47 Å². The molecular weight excluding hydrogens is 452 g/mol. The van der Waals surface area contributed by atoms with Crippen molar-refractivity contribution in [3.05, 3.63) is 64.9 Å². The molecule has 3 aromatic rings. The fourth-order valence-corrected chi connectivity index (χ4v) is 5.09. The molecule has 0 radical (unpaired) electrons. The quantitative estimate of drug-likeness (QED) is 0.539. The van der Waals surface area contributed by atoms with Crippen LogP contribution in [-0.2, 0) is 9.59 Å². The SMILES string of the molecule is Cc1cc(/C=C/C(=O)N2CCN(C(=O)C3COc4ccccc4O3)CC2)c(C)n1-c1nccs1. The van der Waals surface area contributed by atoms with Gasteiger partial charge in [0.2, 0.25) is 12.0 Å². The molecule has 1 saturated heterocycles. The van der Waals surface area contributed by atoms with Crippen molar-refractivity contribution >= 4 is 29.2 Å². The molecule has 2 amide bonds. The van der Waals surface area contributed by atoms with Crippen molar-refractivity contribution in [2.75, 3.05) is 32.8 Å². The highest BCUT2D eigenvalue weighted by Crippen LogP contribution is 2.31. The van der Waals surface area contributed by atoms with Gasteiger partial charge in [-0.3, -0.25) is 14.2 Å². The van der Waals surface area contributed by atoms with Gasteiger partial charge < -0.3 is 19.3 Å². The van der Waals surface area contributed by atoms with Gasteiger partial charge in [0.25, 0.3) is 5.91 Å². The summed E-state index contributed by atoms with van der Waals surface area (Å²) in [5.41, 5.74) is 3.11. The summed E-state index contributed by atoms with van der Waals surface area (Å²) in [4.78, 5) is 33.6. The Morgan fingerprint density at radius 1 is 1.09 bits per heavy atom. The minimum Gasteiger partial charge on any atom is -0.485 e. The molecule has 1 unspecified atom stereocenters. The molecule has 0 N–H and O–H groups in total. The van der Waals surface area contributed by atoms with E-state index in [1.54, 1.807) is 39.5 Å². The molecule has 4 heterocycles. The van der Waals surface area contributed by atoms with Gasteiger partial charge in [0.05, 0.1) is 0 Å². The summed E-state index contributed by atoms with van der Waals surface area (Å²) in [7, 11) is 0. The van der Waals surface area contributed by atoms with Crippen molar-refractivity contribution in [3.8, 4) is 16.6 Å². The number of carbonyl (C=O) groups is 2. The average Bonchev–Trinajstić information content (AvgIpc) is 3.49. The summed E-state index contributed by atoms with van der Waals surface area (Å²) in [6.45, 7) is 6.16. The summed E-state index contributed by atoms with van der Waals surface area (Å²) in [5, 5.41) is 2.86. The summed E-state index contributed by atoms with van der Waals surface area (Å²) in [5.74, 6) is 1.07. The largest absolute Gasteiger partial charge is 0.485 e. The minimum atomic E-state index is -0.662. The fraction of sp³-hybridized carbons (Fsp3) is 0.320. The Hall–Kier alpha value is -3.59. The van der Waals surface area contributed by atoms with Crippen LogP contribution in [0.2, 0.25) is 0 Å². The first-order chi connectivity index (χ1) is 16.5. The van der Waals surface area contributed by atoms with Gasteiger partial charge in [0.15, 0.2) is 16.6 Å². The number of ether oxygens (including phenoxy) is 2. The van der Waals surface area contributed by atoms with Gasteiger partial charge in [-0.1, -0.05) is 12.1 Å². The normalized spacial score (nSPS) is 17.9. The van der Waals surface area contributed by atoms with Crippen LogP contribution in [0.1, 0.15) is 17.0 Å². The smallest absolute Gasteiger partial charge is 0.267 e. The van der Waals surface area contributed by atoms with Crippen LogP contribution < -0.4 is 9.47 Å². The van der Waals surface area contributed by atoms with E-state index in [1.165, 1.54) is 0 Å². The van der Waals surface area contributed by atoms with Crippen LogP contribution >= 0.6 is 11.3 Å². The van der Waals surface area contributed by atoms with Crippen molar-refractivity contribution in [1.29, 1.82) is 0 Å². The fourth-order valence-electron chi connectivity index (χ4n) is 4.34. The number of amides is 2. The minimum absolute atomic E-state index is 0.0580. The highest BCUT2D eigenvalue weighted by molar-refractivity contribution is 7.12. The molecule has 0 saturated carbocycles. The lowest BCUT2D eigenvalue weighted by Crippen LogP contribution is -2.54. The molecule has 1 fully saturated rings. The van der Waals surface area contributed by atoms with Crippen LogP contribution in [0.5, 0.6) is 11.5 Å². The van der Waals surface area contributed by atoms with Crippen LogP contribution in [-0.4, -0.2) is 70.1 Å². The number of hydrogen-bond acceptors (Lipinski definition) is 6. The van der Waals surface area contributed by atoms with Crippen molar-refractivity contribution in [3.63, 3.8) is 0 Å². The monoisotopic (exact) mass is 478 g/mol. The molecule has 0 bridgehead atoms. The topological polar surface area (TPSA) is 76.9 Å². The molecule has 8 nitrogen and oxygen atoms in total. The number of rotatable bonds is 4. The Labute approximate surface area is 202 Å². The second kappa shape index (κ2) is 9.34. The van der Waals surface area contributed by atoms with E-state index >= 15 is 0 Å². The molecule has 0 aliphatic carbocycles. The molecule has 176 valence electrons. The van der Waals surface area contributed by atoms with Crippen molar-refractivity contribution in [2.45, 2.75) is 20.0 Å². The predicted molar refractivity (Wildman–Crippen MR) is 129 cm³/mol. The van der Waals surface area contributed by atoms with Gasteiger partial charge in [0.1, 0.15) is 6.61 Å². The molecular formula is C25H26N4O4S. The van der Waals surface area contributed by atoms with Gasteiger partial charge >= 0.3 is 0 Å². The number of carbonyl (C=O) groups excluding carboxylic acids is 2. The van der Waals surface area contributed by atoms with Crippen LogP contribution in [0, 0.1) is 13.8 Å². The predicted octanol–water partition coefficient (Wildman–Crippen LogP) is 3.07. The molecule has 9 heteroatoms. The van der Waals surface area contributed by atoms with Crippen molar-refractivity contribution in [1.82, 2.24) is 19.4 Å². The summed E-state index contributed by atoms with van der Waals surface area (Å²) in [6, 6.07) is 9.40. The standard InChI is InChI=1S/C25H26N4O4S/c1-17-15-19(18(2)29(17)25-26-9-14-34-25)7-8-23(30)27-10-12-28(13-11-27)24(31)22-16-32-20-5-3-4-6-21(20)33-22/h3-9,14-15,22H,10-13,16H2,1-2H3/b8-7+. The van der Waals surface area contributed by atoms with E-state index in [-0.39, 0.29) is 18.4 Å². The first kappa shape index (κ1) is 22.2. The number of piperazine rings is 1. The maximum Gasteiger partial charge on any atom is 0.267 e. The van der Waals surface area contributed by atoms with E-state index < -0.39 is 6.10 Å². The van der Waals surface area contributed by atoms with Crippen LogP contribution in [0.3, 0.4) is 0 Å². The van der Waals surface area contributed by atoms with Crippen LogP contribution in [0.4, 0.5) is 0 Å². The Morgan fingerprint density at radius 3 is 2.56 bits per heavy atom. The lowest BCUT2D eigenvalue weighted by Gasteiger charge is -2.36. The second-order valence-corrected chi connectivity index (χ2v) is 9.20. The summed E-state index contributed by atoms with van der Waals surface area (Å²) >= 11 is 1.58. The number of aromatic nitrogens is 2. The number of fused-ring (bicyclic) bond motifs is 1. The van der Waals surface area contributed by atoms with Gasteiger partial charge in [0, 0.05) is 55.2 Å². The molecule has 1 aromatic carbocycles. The molecule has 2 aromatic heterocycles. The van der Waals surface area contributed by atoms with Gasteiger partial charge in [-0.2, -0.15) is 0 Å². The number of benzene rings is 1. The Kier molecular flexibility index (Phi) is 6.10. The third-order valence-corrected chi connectivity index (χ3v) is 6.93. The van der Waals surface area contributed by atoms with Crippen molar-refractivity contribution in [2.24, 2.45) is 0 Å².